The zero-order chi connectivity index (χ0) is 9.14. The topological polar surface area (TPSA) is 92.4 Å². The SMILES string of the molecule is NC(=O)C1CC(NCC(=O)O)C1. The molecule has 0 unspecified atom stereocenters. The zero-order valence-electron chi connectivity index (χ0n) is 6.62. The van der Waals surface area contributed by atoms with E-state index in [-0.39, 0.29) is 24.4 Å². The number of carbonyl (C=O) groups is 2. The lowest BCUT2D eigenvalue weighted by Crippen LogP contribution is -2.47. The number of carboxylic acid groups (broad SMARTS) is 1. The Morgan fingerprint density at radius 1 is 1.50 bits per heavy atom. The summed E-state index contributed by atoms with van der Waals surface area (Å²) in [6.07, 6.45) is 1.34. The van der Waals surface area contributed by atoms with Crippen LogP contribution in [0.25, 0.3) is 0 Å². The standard InChI is InChI=1S/C7H12N2O3/c8-7(12)4-1-5(2-4)9-3-6(10)11/h4-5,9H,1-3H2,(H2,8,12)(H,10,11). The molecule has 4 N–H and O–H groups in total. The van der Waals surface area contributed by atoms with Crippen LogP contribution in [0.1, 0.15) is 12.8 Å². The van der Waals surface area contributed by atoms with Crippen molar-refractivity contribution in [3.05, 3.63) is 0 Å². The molecule has 0 aromatic rings. The predicted octanol–water partition coefficient (Wildman–Crippen LogP) is -1.08. The number of carbonyl (C=O) groups excluding carboxylic acids is 1. The van der Waals surface area contributed by atoms with Crippen LogP contribution in [0.15, 0.2) is 0 Å². The van der Waals surface area contributed by atoms with Crippen molar-refractivity contribution in [2.45, 2.75) is 18.9 Å². The summed E-state index contributed by atoms with van der Waals surface area (Å²) < 4.78 is 0. The van der Waals surface area contributed by atoms with E-state index in [0.717, 1.165) is 0 Å². The summed E-state index contributed by atoms with van der Waals surface area (Å²) in [6.45, 7) is -0.0455. The molecule has 5 heteroatoms. The Bertz CT molecular complexity index is 196. The third kappa shape index (κ3) is 2.20. The molecule has 1 amide bonds. The van der Waals surface area contributed by atoms with Gasteiger partial charge in [-0.15, -0.1) is 0 Å². The molecule has 1 rings (SSSR count). The summed E-state index contributed by atoms with van der Waals surface area (Å²) in [4.78, 5) is 20.6. The minimum atomic E-state index is -0.877. The van der Waals surface area contributed by atoms with Crippen LogP contribution < -0.4 is 11.1 Å². The molecule has 68 valence electrons. The van der Waals surface area contributed by atoms with Gasteiger partial charge >= 0.3 is 5.97 Å². The normalized spacial score (nSPS) is 27.7. The average Bonchev–Trinajstić information content (AvgIpc) is 1.82. The molecule has 0 aliphatic heterocycles. The van der Waals surface area contributed by atoms with Gasteiger partial charge in [-0.05, 0) is 12.8 Å². The van der Waals surface area contributed by atoms with E-state index < -0.39 is 5.97 Å². The van der Waals surface area contributed by atoms with Crippen LogP contribution in [0.4, 0.5) is 0 Å². The molecule has 1 aliphatic rings. The first kappa shape index (κ1) is 8.99. The highest BCUT2D eigenvalue weighted by Crippen LogP contribution is 2.26. The van der Waals surface area contributed by atoms with E-state index in [4.69, 9.17) is 10.8 Å². The molecular weight excluding hydrogens is 160 g/mol. The van der Waals surface area contributed by atoms with Crippen molar-refractivity contribution in [3.63, 3.8) is 0 Å². The van der Waals surface area contributed by atoms with Gasteiger partial charge in [-0.1, -0.05) is 0 Å². The minimum Gasteiger partial charge on any atom is -0.480 e. The second-order valence-electron chi connectivity index (χ2n) is 3.04. The van der Waals surface area contributed by atoms with Crippen LogP contribution in [0.2, 0.25) is 0 Å². The largest absolute Gasteiger partial charge is 0.480 e. The second-order valence-corrected chi connectivity index (χ2v) is 3.04. The van der Waals surface area contributed by atoms with E-state index in [9.17, 15) is 9.59 Å². The van der Waals surface area contributed by atoms with Gasteiger partial charge in [-0.25, -0.2) is 0 Å². The van der Waals surface area contributed by atoms with Crippen LogP contribution >= 0.6 is 0 Å². The van der Waals surface area contributed by atoms with Gasteiger partial charge in [0.1, 0.15) is 0 Å². The van der Waals surface area contributed by atoms with Crippen molar-refractivity contribution in [2.24, 2.45) is 11.7 Å². The first-order valence-electron chi connectivity index (χ1n) is 3.84. The lowest BCUT2D eigenvalue weighted by molar-refractivity contribution is -0.136. The highest BCUT2D eigenvalue weighted by Gasteiger charge is 2.32. The smallest absolute Gasteiger partial charge is 0.317 e. The van der Waals surface area contributed by atoms with Crippen molar-refractivity contribution in [1.82, 2.24) is 5.32 Å². The molecule has 0 atom stereocenters. The maximum absolute atomic E-state index is 10.5. The second kappa shape index (κ2) is 3.53. The first-order chi connectivity index (χ1) is 5.59. The van der Waals surface area contributed by atoms with Crippen molar-refractivity contribution in [2.75, 3.05) is 6.54 Å². The highest BCUT2D eigenvalue weighted by atomic mass is 16.4. The Labute approximate surface area is 69.9 Å². The van der Waals surface area contributed by atoms with Crippen LogP contribution in [0.3, 0.4) is 0 Å². The molecule has 0 aromatic heterocycles. The molecule has 0 aromatic carbocycles. The Hall–Kier alpha value is -1.10. The Kier molecular flexibility index (Phi) is 2.65. The van der Waals surface area contributed by atoms with E-state index in [2.05, 4.69) is 5.32 Å². The van der Waals surface area contributed by atoms with Gasteiger partial charge < -0.3 is 16.2 Å². The number of aliphatic carboxylic acids is 1. The van der Waals surface area contributed by atoms with Crippen LogP contribution in [-0.4, -0.2) is 29.6 Å². The van der Waals surface area contributed by atoms with E-state index in [1.807, 2.05) is 0 Å². The highest BCUT2D eigenvalue weighted by molar-refractivity contribution is 5.77. The number of nitrogens with two attached hydrogens (primary N) is 1. The van der Waals surface area contributed by atoms with Gasteiger partial charge in [0.05, 0.1) is 6.54 Å². The van der Waals surface area contributed by atoms with Crippen molar-refractivity contribution >= 4 is 11.9 Å². The lowest BCUT2D eigenvalue weighted by atomic mass is 9.80. The van der Waals surface area contributed by atoms with Crippen molar-refractivity contribution in [3.8, 4) is 0 Å². The lowest BCUT2D eigenvalue weighted by Gasteiger charge is -2.33. The molecule has 1 aliphatic carbocycles. The number of nitrogens with one attached hydrogen (secondary N) is 1. The third-order valence-corrected chi connectivity index (χ3v) is 2.08. The molecular formula is C7H12N2O3. The summed E-state index contributed by atoms with van der Waals surface area (Å²) in [5, 5.41) is 11.1. The number of carboxylic acids is 1. The van der Waals surface area contributed by atoms with Gasteiger partial charge in [-0.2, -0.15) is 0 Å². The Morgan fingerprint density at radius 3 is 2.50 bits per heavy atom. The summed E-state index contributed by atoms with van der Waals surface area (Å²) >= 11 is 0. The number of hydrogen-bond acceptors (Lipinski definition) is 3. The summed E-state index contributed by atoms with van der Waals surface area (Å²) in [5.74, 6) is -1.22. The van der Waals surface area contributed by atoms with E-state index >= 15 is 0 Å². The number of primary amides is 1. The maximum Gasteiger partial charge on any atom is 0.317 e. The molecule has 1 saturated carbocycles. The molecule has 0 radical (unpaired) electrons. The van der Waals surface area contributed by atoms with E-state index in [0.29, 0.717) is 12.8 Å². The minimum absolute atomic E-state index is 0.0455. The fraction of sp³-hybridized carbons (Fsp3) is 0.714. The molecule has 5 nitrogen and oxygen atoms in total. The fourth-order valence-electron chi connectivity index (χ4n) is 1.25. The molecule has 1 fully saturated rings. The summed E-state index contributed by atoms with van der Waals surface area (Å²) in [5.41, 5.74) is 5.03. The predicted molar refractivity (Wildman–Crippen MR) is 41.3 cm³/mol. The average molecular weight is 172 g/mol. The fourth-order valence-corrected chi connectivity index (χ4v) is 1.25. The monoisotopic (exact) mass is 172 g/mol. The molecule has 12 heavy (non-hydrogen) atoms. The van der Waals surface area contributed by atoms with Gasteiger partial charge in [-0.3, -0.25) is 9.59 Å². The zero-order valence-corrected chi connectivity index (χ0v) is 6.62. The van der Waals surface area contributed by atoms with Gasteiger partial charge in [0.15, 0.2) is 0 Å². The summed E-state index contributed by atoms with van der Waals surface area (Å²) in [6, 6.07) is 0.151. The number of amides is 1. The Balaban J connectivity index is 2.10. The van der Waals surface area contributed by atoms with Gasteiger partial charge in [0.25, 0.3) is 0 Å². The van der Waals surface area contributed by atoms with Crippen LogP contribution in [0, 0.1) is 5.92 Å². The van der Waals surface area contributed by atoms with Crippen LogP contribution in [-0.2, 0) is 9.59 Å². The molecule has 0 spiro atoms. The van der Waals surface area contributed by atoms with Gasteiger partial charge in [0.2, 0.25) is 5.91 Å². The van der Waals surface area contributed by atoms with Crippen molar-refractivity contribution < 1.29 is 14.7 Å². The number of rotatable bonds is 4. The summed E-state index contributed by atoms with van der Waals surface area (Å²) in [7, 11) is 0. The van der Waals surface area contributed by atoms with Gasteiger partial charge in [0, 0.05) is 12.0 Å². The van der Waals surface area contributed by atoms with Crippen molar-refractivity contribution in [1.29, 1.82) is 0 Å². The Morgan fingerprint density at radius 2 is 2.08 bits per heavy atom. The quantitative estimate of drug-likeness (QED) is 0.503. The third-order valence-electron chi connectivity index (χ3n) is 2.08. The molecule has 0 saturated heterocycles. The molecule has 0 bridgehead atoms. The number of hydrogen-bond donors (Lipinski definition) is 3. The van der Waals surface area contributed by atoms with E-state index in [1.54, 1.807) is 0 Å². The molecule has 0 heterocycles. The first-order valence-corrected chi connectivity index (χ1v) is 3.84. The van der Waals surface area contributed by atoms with E-state index in [1.165, 1.54) is 0 Å². The maximum atomic E-state index is 10.5. The van der Waals surface area contributed by atoms with Crippen LogP contribution in [0.5, 0.6) is 0 Å².